The first kappa shape index (κ1) is 15.4. The zero-order valence-electron chi connectivity index (χ0n) is 11.4. The topological polar surface area (TPSA) is 53.9 Å². The number of hydrazone groups is 1. The Morgan fingerprint density at radius 1 is 1.35 bits per heavy atom. The molecule has 1 N–H and O–H groups in total. The van der Waals surface area contributed by atoms with E-state index in [0.29, 0.717) is 19.8 Å². The highest BCUT2D eigenvalue weighted by atomic mass is 127. The van der Waals surface area contributed by atoms with Crippen LogP contribution in [0.15, 0.2) is 29.4 Å². The molecular formula is C14H18IN3O2. The molecule has 1 saturated heterocycles. The summed E-state index contributed by atoms with van der Waals surface area (Å²) < 4.78 is 6.42. The number of nitrogens with zero attached hydrogens (tertiary/aromatic N) is 2. The number of ether oxygens (including phenoxy) is 1. The van der Waals surface area contributed by atoms with Gasteiger partial charge in [-0.3, -0.25) is 9.69 Å². The molecule has 0 saturated carbocycles. The van der Waals surface area contributed by atoms with Gasteiger partial charge in [0.05, 0.1) is 25.5 Å². The van der Waals surface area contributed by atoms with E-state index in [4.69, 9.17) is 4.74 Å². The predicted molar refractivity (Wildman–Crippen MR) is 86.8 cm³/mol. The van der Waals surface area contributed by atoms with E-state index in [1.54, 1.807) is 0 Å². The smallest absolute Gasteiger partial charge is 0.254 e. The van der Waals surface area contributed by atoms with Crippen molar-refractivity contribution in [2.75, 3.05) is 32.8 Å². The summed E-state index contributed by atoms with van der Waals surface area (Å²) in [7, 11) is 0. The highest BCUT2D eigenvalue weighted by Gasteiger charge is 2.13. The van der Waals surface area contributed by atoms with Crippen molar-refractivity contribution in [3.8, 4) is 0 Å². The molecule has 2 rings (SSSR count). The average molecular weight is 387 g/mol. The molecule has 1 aliphatic rings. The van der Waals surface area contributed by atoms with Gasteiger partial charge in [0.25, 0.3) is 5.91 Å². The molecule has 0 bridgehead atoms. The van der Waals surface area contributed by atoms with Crippen LogP contribution in [0.4, 0.5) is 0 Å². The number of hydrogen-bond acceptors (Lipinski definition) is 4. The summed E-state index contributed by atoms with van der Waals surface area (Å²) in [5.74, 6) is -0.0863. The minimum Gasteiger partial charge on any atom is -0.379 e. The van der Waals surface area contributed by atoms with Crippen LogP contribution >= 0.6 is 22.6 Å². The number of carbonyl (C=O) groups excluding carboxylic acids is 1. The Labute approximate surface area is 132 Å². The van der Waals surface area contributed by atoms with Crippen molar-refractivity contribution in [3.05, 3.63) is 33.4 Å². The molecule has 1 aromatic rings. The Morgan fingerprint density at radius 3 is 2.65 bits per heavy atom. The number of rotatable bonds is 4. The molecule has 1 aromatic carbocycles. The summed E-state index contributed by atoms with van der Waals surface area (Å²) >= 11 is 2.26. The molecule has 0 aliphatic carbocycles. The third-order valence-electron chi connectivity index (χ3n) is 3.08. The molecule has 20 heavy (non-hydrogen) atoms. The molecule has 108 valence electrons. The first-order chi connectivity index (χ1) is 9.65. The summed E-state index contributed by atoms with van der Waals surface area (Å²) in [6.45, 7) is 5.24. The van der Waals surface area contributed by atoms with Gasteiger partial charge in [0.15, 0.2) is 0 Å². The van der Waals surface area contributed by atoms with Crippen LogP contribution in [0.2, 0.25) is 0 Å². The van der Waals surface area contributed by atoms with E-state index < -0.39 is 0 Å². The first-order valence-corrected chi connectivity index (χ1v) is 7.62. The Balaban J connectivity index is 1.84. The molecule has 0 spiro atoms. The fourth-order valence-electron chi connectivity index (χ4n) is 1.90. The highest BCUT2D eigenvalue weighted by molar-refractivity contribution is 14.1. The number of halogens is 1. The van der Waals surface area contributed by atoms with E-state index in [9.17, 15) is 4.79 Å². The molecule has 1 aliphatic heterocycles. The molecule has 0 aromatic heterocycles. The lowest BCUT2D eigenvalue weighted by atomic mass is 10.1. The summed E-state index contributed by atoms with van der Waals surface area (Å²) in [5, 5.41) is 4.15. The molecule has 0 atom stereocenters. The zero-order chi connectivity index (χ0) is 14.4. The maximum absolute atomic E-state index is 11.8. The number of hydrogen-bond donors (Lipinski definition) is 1. The van der Waals surface area contributed by atoms with Crippen molar-refractivity contribution < 1.29 is 9.53 Å². The SMILES string of the molecule is C/C(=N/NC(=O)CN1CCOCC1)c1ccc(I)cc1. The number of morpholine rings is 1. The van der Waals surface area contributed by atoms with E-state index in [0.717, 1.165) is 24.4 Å². The monoisotopic (exact) mass is 387 g/mol. The lowest BCUT2D eigenvalue weighted by Gasteiger charge is -2.25. The Morgan fingerprint density at radius 2 is 2.00 bits per heavy atom. The van der Waals surface area contributed by atoms with Crippen molar-refractivity contribution in [1.82, 2.24) is 10.3 Å². The van der Waals surface area contributed by atoms with E-state index >= 15 is 0 Å². The van der Waals surface area contributed by atoms with Crippen molar-refractivity contribution >= 4 is 34.2 Å². The predicted octanol–water partition coefficient (Wildman–Crippen LogP) is 1.46. The van der Waals surface area contributed by atoms with Crippen LogP contribution in [-0.2, 0) is 9.53 Å². The van der Waals surface area contributed by atoms with Gasteiger partial charge < -0.3 is 4.74 Å². The van der Waals surface area contributed by atoms with Gasteiger partial charge in [0.2, 0.25) is 0 Å². The quantitative estimate of drug-likeness (QED) is 0.484. The normalized spacial score (nSPS) is 17.0. The standard InChI is InChI=1S/C14H18IN3O2/c1-11(12-2-4-13(15)5-3-12)16-17-14(19)10-18-6-8-20-9-7-18/h2-5H,6-10H2,1H3,(H,17,19)/b16-11-. The van der Waals surface area contributed by atoms with Crippen LogP contribution in [-0.4, -0.2) is 49.4 Å². The fourth-order valence-corrected chi connectivity index (χ4v) is 2.26. The molecule has 1 fully saturated rings. The van der Waals surface area contributed by atoms with Crippen LogP contribution in [0.25, 0.3) is 0 Å². The molecule has 0 radical (unpaired) electrons. The van der Waals surface area contributed by atoms with E-state index in [2.05, 4.69) is 38.0 Å². The second-order valence-electron chi connectivity index (χ2n) is 4.63. The van der Waals surface area contributed by atoms with Gasteiger partial charge in [-0.05, 0) is 47.2 Å². The zero-order valence-corrected chi connectivity index (χ0v) is 13.6. The third-order valence-corrected chi connectivity index (χ3v) is 3.80. The summed E-state index contributed by atoms with van der Waals surface area (Å²) in [6, 6.07) is 8.03. The van der Waals surface area contributed by atoms with Crippen molar-refractivity contribution in [1.29, 1.82) is 0 Å². The second-order valence-corrected chi connectivity index (χ2v) is 5.87. The summed E-state index contributed by atoms with van der Waals surface area (Å²) in [6.07, 6.45) is 0. The lowest BCUT2D eigenvalue weighted by molar-refractivity contribution is -0.123. The largest absolute Gasteiger partial charge is 0.379 e. The number of carbonyl (C=O) groups is 1. The number of amides is 1. The van der Waals surface area contributed by atoms with Gasteiger partial charge in [-0.15, -0.1) is 0 Å². The molecule has 5 nitrogen and oxygen atoms in total. The second kappa shape index (κ2) is 7.70. The first-order valence-electron chi connectivity index (χ1n) is 6.54. The average Bonchev–Trinajstić information content (AvgIpc) is 2.46. The van der Waals surface area contributed by atoms with Gasteiger partial charge in [0, 0.05) is 16.7 Å². The van der Waals surface area contributed by atoms with E-state index in [-0.39, 0.29) is 5.91 Å². The number of nitrogens with one attached hydrogen (secondary N) is 1. The van der Waals surface area contributed by atoms with Gasteiger partial charge in [-0.25, -0.2) is 5.43 Å². The van der Waals surface area contributed by atoms with Crippen LogP contribution in [0, 0.1) is 3.57 Å². The minimum atomic E-state index is -0.0863. The maximum Gasteiger partial charge on any atom is 0.254 e. The molecule has 0 unspecified atom stereocenters. The van der Waals surface area contributed by atoms with Gasteiger partial charge in [-0.2, -0.15) is 5.10 Å². The van der Waals surface area contributed by atoms with Gasteiger partial charge in [-0.1, -0.05) is 12.1 Å². The van der Waals surface area contributed by atoms with Crippen LogP contribution < -0.4 is 5.43 Å². The lowest BCUT2D eigenvalue weighted by Crippen LogP contribution is -2.42. The molecular weight excluding hydrogens is 369 g/mol. The van der Waals surface area contributed by atoms with Crippen LogP contribution in [0.1, 0.15) is 12.5 Å². The summed E-state index contributed by atoms with van der Waals surface area (Å²) in [4.78, 5) is 13.9. The van der Waals surface area contributed by atoms with E-state index in [1.807, 2.05) is 31.2 Å². The Bertz CT molecular complexity index is 482. The molecule has 6 heteroatoms. The minimum absolute atomic E-state index is 0.0863. The van der Waals surface area contributed by atoms with Crippen LogP contribution in [0.3, 0.4) is 0 Å². The van der Waals surface area contributed by atoms with E-state index in [1.165, 1.54) is 3.57 Å². The highest BCUT2D eigenvalue weighted by Crippen LogP contribution is 2.07. The number of benzene rings is 1. The van der Waals surface area contributed by atoms with Crippen LogP contribution in [0.5, 0.6) is 0 Å². The Kier molecular flexibility index (Phi) is 5.93. The van der Waals surface area contributed by atoms with Gasteiger partial charge in [0.1, 0.15) is 0 Å². The molecule has 1 heterocycles. The third kappa shape index (κ3) is 4.84. The van der Waals surface area contributed by atoms with Crippen molar-refractivity contribution in [2.45, 2.75) is 6.92 Å². The van der Waals surface area contributed by atoms with Crippen molar-refractivity contribution in [3.63, 3.8) is 0 Å². The van der Waals surface area contributed by atoms with Gasteiger partial charge >= 0.3 is 0 Å². The Hall–Kier alpha value is -0.990. The molecule has 1 amide bonds. The summed E-state index contributed by atoms with van der Waals surface area (Å²) in [5.41, 5.74) is 4.42. The van der Waals surface area contributed by atoms with Crippen molar-refractivity contribution in [2.24, 2.45) is 5.10 Å². The fraction of sp³-hybridized carbons (Fsp3) is 0.429. The maximum atomic E-state index is 11.8.